The number of ether oxygens (including phenoxy) is 2. The number of anilines is 1. The molecule has 2 N–H and O–H groups in total. The molecule has 0 spiro atoms. The Bertz CT molecular complexity index is 1110. The van der Waals surface area contributed by atoms with Gasteiger partial charge in [0.25, 0.3) is 11.8 Å². The lowest BCUT2D eigenvalue weighted by molar-refractivity contribution is 0.0956. The Morgan fingerprint density at radius 1 is 0.935 bits per heavy atom. The van der Waals surface area contributed by atoms with Crippen molar-refractivity contribution in [2.24, 2.45) is 5.10 Å². The molecule has 0 aromatic heterocycles. The fourth-order valence-corrected chi connectivity index (χ4v) is 2.73. The summed E-state index contributed by atoms with van der Waals surface area (Å²) in [4.78, 5) is 25.0. The molecule has 7 nitrogen and oxygen atoms in total. The molecule has 0 aliphatic heterocycles. The average Bonchev–Trinajstić information content (AvgIpc) is 2.79. The second-order valence-electron chi connectivity index (χ2n) is 6.31. The number of halogens is 1. The van der Waals surface area contributed by atoms with Crippen molar-refractivity contribution in [3.8, 4) is 11.5 Å². The molecule has 0 aliphatic carbocycles. The normalized spacial score (nSPS) is 10.5. The molecule has 0 saturated carbocycles. The van der Waals surface area contributed by atoms with Crippen LogP contribution in [0.2, 0.25) is 0 Å². The molecule has 0 fully saturated rings. The van der Waals surface area contributed by atoms with Crippen molar-refractivity contribution in [3.63, 3.8) is 0 Å². The predicted molar refractivity (Wildman–Crippen MR) is 115 cm³/mol. The molecule has 2 amide bonds. The summed E-state index contributed by atoms with van der Waals surface area (Å²) in [6.07, 6.45) is 1.44. The lowest BCUT2D eigenvalue weighted by Gasteiger charge is -2.10. The van der Waals surface area contributed by atoms with Gasteiger partial charge in [-0.3, -0.25) is 9.59 Å². The Morgan fingerprint density at radius 3 is 2.39 bits per heavy atom. The molecule has 158 valence electrons. The minimum atomic E-state index is -0.515. The number of para-hydroxylation sites is 1. The number of nitrogens with zero attached hydrogens (tertiary/aromatic N) is 1. The van der Waals surface area contributed by atoms with Crippen molar-refractivity contribution < 1.29 is 23.5 Å². The molecule has 0 radical (unpaired) electrons. The Hall–Kier alpha value is -4.20. The number of carbonyl (C=O) groups excluding carboxylic acids is 2. The van der Waals surface area contributed by atoms with Crippen molar-refractivity contribution >= 4 is 23.7 Å². The largest absolute Gasteiger partial charge is 0.497 e. The summed E-state index contributed by atoms with van der Waals surface area (Å²) in [5.74, 6) is -0.263. The Labute approximate surface area is 178 Å². The maximum atomic E-state index is 13.1. The molecule has 3 rings (SSSR count). The Morgan fingerprint density at radius 2 is 1.68 bits per heavy atom. The van der Waals surface area contributed by atoms with E-state index in [2.05, 4.69) is 15.8 Å². The molecule has 0 bridgehead atoms. The number of amides is 2. The van der Waals surface area contributed by atoms with E-state index in [1.54, 1.807) is 49.6 Å². The third-order valence-corrected chi connectivity index (χ3v) is 4.34. The zero-order valence-electron chi connectivity index (χ0n) is 16.9. The van der Waals surface area contributed by atoms with Gasteiger partial charge in [0.15, 0.2) is 0 Å². The van der Waals surface area contributed by atoms with E-state index < -0.39 is 17.6 Å². The molecule has 3 aromatic carbocycles. The quantitative estimate of drug-likeness (QED) is 0.448. The molecule has 3 aromatic rings. The zero-order chi connectivity index (χ0) is 22.2. The summed E-state index contributed by atoms with van der Waals surface area (Å²) in [7, 11) is 3.07. The number of methoxy groups -OCH3 is 2. The monoisotopic (exact) mass is 421 g/mol. The van der Waals surface area contributed by atoms with Crippen LogP contribution in [0.4, 0.5) is 10.1 Å². The second-order valence-corrected chi connectivity index (χ2v) is 6.31. The van der Waals surface area contributed by atoms with Gasteiger partial charge in [0, 0.05) is 17.2 Å². The van der Waals surface area contributed by atoms with Crippen molar-refractivity contribution in [3.05, 3.63) is 89.2 Å². The summed E-state index contributed by atoms with van der Waals surface area (Å²) in [5, 5.41) is 6.63. The van der Waals surface area contributed by atoms with Crippen LogP contribution in [0.25, 0.3) is 0 Å². The van der Waals surface area contributed by atoms with Crippen LogP contribution in [0.5, 0.6) is 11.5 Å². The minimum absolute atomic E-state index is 0.219. The van der Waals surface area contributed by atoms with Gasteiger partial charge in [-0.05, 0) is 48.5 Å². The first kappa shape index (κ1) is 21.5. The summed E-state index contributed by atoms with van der Waals surface area (Å²) < 4.78 is 23.5. The zero-order valence-corrected chi connectivity index (χ0v) is 16.9. The molecular weight excluding hydrogens is 401 g/mol. The van der Waals surface area contributed by atoms with Crippen LogP contribution in [0.1, 0.15) is 26.3 Å². The van der Waals surface area contributed by atoms with E-state index in [-0.39, 0.29) is 11.1 Å². The van der Waals surface area contributed by atoms with Gasteiger partial charge in [0.05, 0.1) is 31.7 Å². The van der Waals surface area contributed by atoms with Crippen molar-refractivity contribution in [1.82, 2.24) is 5.43 Å². The van der Waals surface area contributed by atoms with Crippen LogP contribution in [0, 0.1) is 5.82 Å². The van der Waals surface area contributed by atoms with Crippen LogP contribution < -0.4 is 20.2 Å². The first-order chi connectivity index (χ1) is 15.0. The highest BCUT2D eigenvalue weighted by Crippen LogP contribution is 2.23. The van der Waals surface area contributed by atoms with Gasteiger partial charge in [-0.15, -0.1) is 0 Å². The van der Waals surface area contributed by atoms with Gasteiger partial charge in [-0.1, -0.05) is 12.1 Å². The molecule has 0 heterocycles. The highest BCUT2D eigenvalue weighted by atomic mass is 19.1. The van der Waals surface area contributed by atoms with Crippen LogP contribution in [-0.4, -0.2) is 32.2 Å². The first-order valence-electron chi connectivity index (χ1n) is 9.23. The highest BCUT2D eigenvalue weighted by molar-refractivity contribution is 6.09. The van der Waals surface area contributed by atoms with Crippen LogP contribution in [-0.2, 0) is 0 Å². The van der Waals surface area contributed by atoms with E-state index in [1.807, 2.05) is 0 Å². The number of benzene rings is 3. The van der Waals surface area contributed by atoms with Crippen molar-refractivity contribution in [1.29, 1.82) is 0 Å². The number of carbonyl (C=O) groups is 2. The van der Waals surface area contributed by atoms with E-state index in [0.717, 1.165) is 0 Å². The maximum Gasteiger partial charge on any atom is 0.273 e. The van der Waals surface area contributed by atoms with E-state index >= 15 is 0 Å². The number of hydrogen-bond donors (Lipinski definition) is 2. The Balaban J connectivity index is 1.72. The lowest BCUT2D eigenvalue weighted by atomic mass is 10.1. The van der Waals surface area contributed by atoms with Gasteiger partial charge in [-0.2, -0.15) is 5.10 Å². The summed E-state index contributed by atoms with van der Waals surface area (Å²) in [6.45, 7) is 0. The number of nitrogens with one attached hydrogen (secondary N) is 2. The molecule has 31 heavy (non-hydrogen) atoms. The third kappa shape index (κ3) is 5.45. The fraction of sp³-hybridized carbons (Fsp3) is 0.0870. The van der Waals surface area contributed by atoms with E-state index in [4.69, 9.17) is 9.47 Å². The van der Waals surface area contributed by atoms with Crippen molar-refractivity contribution in [2.75, 3.05) is 19.5 Å². The van der Waals surface area contributed by atoms with Crippen LogP contribution in [0.3, 0.4) is 0 Å². The van der Waals surface area contributed by atoms with Gasteiger partial charge >= 0.3 is 0 Å². The van der Waals surface area contributed by atoms with E-state index in [1.165, 1.54) is 37.6 Å². The smallest absolute Gasteiger partial charge is 0.273 e. The van der Waals surface area contributed by atoms with Crippen molar-refractivity contribution in [2.45, 2.75) is 0 Å². The summed E-state index contributed by atoms with van der Waals surface area (Å²) >= 11 is 0. The predicted octanol–water partition coefficient (Wildman–Crippen LogP) is 3.86. The van der Waals surface area contributed by atoms with Gasteiger partial charge in [0.2, 0.25) is 0 Å². The van der Waals surface area contributed by atoms with Gasteiger partial charge in [-0.25, -0.2) is 9.82 Å². The van der Waals surface area contributed by atoms with E-state index in [9.17, 15) is 14.0 Å². The van der Waals surface area contributed by atoms with Gasteiger partial charge in [0.1, 0.15) is 17.3 Å². The molecule has 0 unspecified atom stereocenters. The average molecular weight is 421 g/mol. The van der Waals surface area contributed by atoms with Crippen LogP contribution >= 0.6 is 0 Å². The van der Waals surface area contributed by atoms with Gasteiger partial charge < -0.3 is 14.8 Å². The minimum Gasteiger partial charge on any atom is -0.497 e. The van der Waals surface area contributed by atoms with Crippen LogP contribution in [0.15, 0.2) is 71.8 Å². The summed E-state index contributed by atoms with van der Waals surface area (Å²) in [5.41, 5.74) is 3.85. The SMILES string of the molecule is COc1ccc(/C=N/NC(=O)c2ccccc2NC(=O)c2ccc(F)cc2)c(OC)c1. The number of rotatable bonds is 7. The van der Waals surface area contributed by atoms with E-state index in [0.29, 0.717) is 22.7 Å². The second kappa shape index (κ2) is 10.0. The molecule has 0 aliphatic rings. The molecular formula is C23H20FN3O4. The topological polar surface area (TPSA) is 89.0 Å². The standard InChI is InChI=1S/C23H20FN3O4/c1-30-18-12-9-16(21(13-18)31-2)14-25-27-23(29)19-5-3-4-6-20(19)26-22(28)15-7-10-17(24)11-8-15/h3-14H,1-2H3,(H,26,28)(H,27,29)/b25-14+. The molecule has 0 saturated heterocycles. The fourth-order valence-electron chi connectivity index (χ4n) is 2.73. The number of hydrogen-bond acceptors (Lipinski definition) is 5. The Kier molecular flexibility index (Phi) is 6.95. The number of hydrazone groups is 1. The lowest BCUT2D eigenvalue weighted by Crippen LogP contribution is -2.21. The summed E-state index contributed by atoms with van der Waals surface area (Å²) in [6, 6.07) is 16.8. The third-order valence-electron chi connectivity index (χ3n) is 4.34. The molecule has 8 heteroatoms. The highest BCUT2D eigenvalue weighted by Gasteiger charge is 2.14. The maximum absolute atomic E-state index is 13.1. The molecule has 0 atom stereocenters. The first-order valence-corrected chi connectivity index (χ1v) is 9.23.